The summed E-state index contributed by atoms with van der Waals surface area (Å²) in [5, 5.41) is 17.5. The number of nitrogens with zero attached hydrogens (tertiary/aromatic N) is 2. The average Bonchev–Trinajstić information content (AvgIpc) is 2.38. The van der Waals surface area contributed by atoms with Crippen LogP contribution in [0.5, 0.6) is 11.6 Å². The third kappa shape index (κ3) is 2.72. The lowest BCUT2D eigenvalue weighted by atomic mass is 10.1. The number of aromatic nitrogens is 2. The lowest BCUT2D eigenvalue weighted by Crippen LogP contribution is -2.08. The molecular weight excluding hydrogens is 280 g/mol. The second-order valence-corrected chi connectivity index (χ2v) is 4.84. The van der Waals surface area contributed by atoms with Crippen molar-refractivity contribution < 1.29 is 14.6 Å². The van der Waals surface area contributed by atoms with E-state index in [4.69, 9.17) is 16.3 Å². The number of carbonyl (C=O) groups is 1. The molecule has 0 spiro atoms. The van der Waals surface area contributed by atoms with Crippen molar-refractivity contribution in [1.29, 1.82) is 0 Å². The lowest BCUT2D eigenvalue weighted by Gasteiger charge is -2.12. The highest BCUT2D eigenvalue weighted by Gasteiger charge is 2.20. The Morgan fingerprint density at radius 2 is 1.95 bits per heavy atom. The van der Waals surface area contributed by atoms with E-state index in [0.717, 1.165) is 5.56 Å². The molecule has 5 nitrogen and oxygen atoms in total. The number of ether oxygens (including phenoxy) is 1. The molecule has 104 valence electrons. The summed E-state index contributed by atoms with van der Waals surface area (Å²) in [6.45, 7) is 5.20. The Hall–Kier alpha value is -2.14. The molecule has 1 N–H and O–H groups in total. The van der Waals surface area contributed by atoms with Gasteiger partial charge in [0.25, 0.3) is 5.88 Å². The van der Waals surface area contributed by atoms with Gasteiger partial charge in [-0.2, -0.15) is 5.10 Å². The van der Waals surface area contributed by atoms with Gasteiger partial charge in [0.15, 0.2) is 0 Å². The number of hydrogen-bond acceptors (Lipinski definition) is 4. The van der Waals surface area contributed by atoms with Crippen LogP contribution >= 0.6 is 11.6 Å². The van der Waals surface area contributed by atoms with Crippen LogP contribution in [0.4, 0.5) is 0 Å². The largest absolute Gasteiger partial charge is 0.477 e. The Bertz CT molecular complexity index is 686. The Morgan fingerprint density at radius 3 is 2.60 bits per heavy atom. The van der Waals surface area contributed by atoms with Crippen molar-refractivity contribution in [2.45, 2.75) is 20.8 Å². The van der Waals surface area contributed by atoms with Gasteiger partial charge in [-0.3, -0.25) is 0 Å². The first kappa shape index (κ1) is 14.3. The van der Waals surface area contributed by atoms with E-state index < -0.39 is 5.97 Å². The van der Waals surface area contributed by atoms with Crippen LogP contribution < -0.4 is 4.74 Å². The number of carboxylic acid groups (broad SMARTS) is 1. The van der Waals surface area contributed by atoms with E-state index in [9.17, 15) is 9.90 Å². The zero-order valence-electron chi connectivity index (χ0n) is 11.3. The molecule has 6 heteroatoms. The Morgan fingerprint density at radius 1 is 1.25 bits per heavy atom. The number of benzene rings is 1. The van der Waals surface area contributed by atoms with Crippen LogP contribution in [0.25, 0.3) is 0 Å². The van der Waals surface area contributed by atoms with Gasteiger partial charge >= 0.3 is 5.97 Å². The zero-order valence-corrected chi connectivity index (χ0v) is 12.0. The van der Waals surface area contributed by atoms with E-state index in [1.165, 1.54) is 0 Å². The minimum atomic E-state index is -1.10. The van der Waals surface area contributed by atoms with Crippen LogP contribution in [0.15, 0.2) is 18.2 Å². The monoisotopic (exact) mass is 292 g/mol. The van der Waals surface area contributed by atoms with Crippen LogP contribution in [0, 0.1) is 20.8 Å². The van der Waals surface area contributed by atoms with E-state index in [0.29, 0.717) is 22.0 Å². The number of hydrogen-bond donors (Lipinski definition) is 1. The summed E-state index contributed by atoms with van der Waals surface area (Å²) in [7, 11) is 0. The number of rotatable bonds is 3. The second-order valence-electron chi connectivity index (χ2n) is 4.41. The predicted molar refractivity (Wildman–Crippen MR) is 74.7 cm³/mol. The van der Waals surface area contributed by atoms with Crippen molar-refractivity contribution in [1.82, 2.24) is 10.2 Å². The summed E-state index contributed by atoms with van der Waals surface area (Å²) in [5.74, 6) is -0.682. The normalized spacial score (nSPS) is 10.4. The molecule has 0 unspecified atom stereocenters. The van der Waals surface area contributed by atoms with E-state index in [2.05, 4.69) is 10.2 Å². The summed E-state index contributed by atoms with van der Waals surface area (Å²) in [4.78, 5) is 11.4. The maximum absolute atomic E-state index is 11.4. The van der Waals surface area contributed by atoms with E-state index in [1.807, 2.05) is 6.92 Å². The zero-order chi connectivity index (χ0) is 14.9. The maximum atomic E-state index is 11.4. The Labute approximate surface area is 121 Å². The van der Waals surface area contributed by atoms with Gasteiger partial charge in [-0.05, 0) is 44.0 Å². The number of aryl methyl sites for hydroxylation is 2. The molecule has 1 heterocycles. The van der Waals surface area contributed by atoms with E-state index in [-0.39, 0.29) is 11.4 Å². The molecule has 0 atom stereocenters. The molecule has 1 aromatic heterocycles. The molecular formula is C14H13ClN2O3. The average molecular weight is 293 g/mol. The van der Waals surface area contributed by atoms with Crippen LogP contribution in [-0.4, -0.2) is 21.3 Å². The highest BCUT2D eigenvalue weighted by molar-refractivity contribution is 6.30. The molecule has 0 bridgehead atoms. The molecule has 0 aliphatic rings. The van der Waals surface area contributed by atoms with Crippen molar-refractivity contribution in [2.24, 2.45) is 0 Å². The van der Waals surface area contributed by atoms with Gasteiger partial charge in [0.2, 0.25) is 0 Å². The van der Waals surface area contributed by atoms with Crippen LogP contribution in [0.2, 0.25) is 5.02 Å². The predicted octanol–water partition coefficient (Wildman–Crippen LogP) is 3.55. The minimum Gasteiger partial charge on any atom is -0.477 e. The smallest absolute Gasteiger partial charge is 0.341 e. The standard InChI is InChI=1S/C14H13ClN2O3/c1-7-4-5-10(15)6-11(7)20-13-12(14(18)19)8(2)9(3)16-17-13/h4-6H,1-3H3,(H,18,19). The lowest BCUT2D eigenvalue weighted by molar-refractivity contribution is 0.0692. The fourth-order valence-electron chi connectivity index (χ4n) is 1.70. The van der Waals surface area contributed by atoms with Gasteiger partial charge in [-0.25, -0.2) is 4.79 Å². The van der Waals surface area contributed by atoms with Gasteiger partial charge in [0, 0.05) is 5.02 Å². The van der Waals surface area contributed by atoms with Gasteiger partial charge in [0.1, 0.15) is 11.3 Å². The quantitative estimate of drug-likeness (QED) is 0.936. The molecule has 0 saturated carbocycles. The highest BCUT2D eigenvalue weighted by atomic mass is 35.5. The third-order valence-corrected chi connectivity index (χ3v) is 3.23. The van der Waals surface area contributed by atoms with Crippen LogP contribution in [0.3, 0.4) is 0 Å². The fraction of sp³-hybridized carbons (Fsp3) is 0.214. The first-order valence-corrected chi connectivity index (χ1v) is 6.29. The van der Waals surface area contributed by atoms with Crippen molar-refractivity contribution >= 4 is 17.6 Å². The Balaban J connectivity index is 2.51. The van der Waals surface area contributed by atoms with Crippen LogP contribution in [0.1, 0.15) is 27.2 Å². The number of aromatic carboxylic acids is 1. The first-order chi connectivity index (χ1) is 9.40. The van der Waals surface area contributed by atoms with Gasteiger partial charge in [0.05, 0.1) is 5.69 Å². The first-order valence-electron chi connectivity index (χ1n) is 5.91. The molecule has 0 aliphatic carbocycles. The van der Waals surface area contributed by atoms with Gasteiger partial charge < -0.3 is 9.84 Å². The highest BCUT2D eigenvalue weighted by Crippen LogP contribution is 2.30. The topological polar surface area (TPSA) is 72.3 Å². The van der Waals surface area contributed by atoms with Crippen molar-refractivity contribution in [2.75, 3.05) is 0 Å². The second kappa shape index (κ2) is 5.46. The molecule has 0 fully saturated rings. The molecule has 0 amide bonds. The fourth-order valence-corrected chi connectivity index (χ4v) is 1.86. The molecule has 0 radical (unpaired) electrons. The maximum Gasteiger partial charge on any atom is 0.341 e. The summed E-state index contributed by atoms with van der Waals surface area (Å²) in [6.07, 6.45) is 0. The summed E-state index contributed by atoms with van der Waals surface area (Å²) < 4.78 is 5.58. The molecule has 0 aliphatic heterocycles. The SMILES string of the molecule is Cc1ccc(Cl)cc1Oc1nnc(C)c(C)c1C(=O)O. The molecule has 20 heavy (non-hydrogen) atoms. The summed E-state index contributed by atoms with van der Waals surface area (Å²) in [5.41, 5.74) is 1.92. The molecule has 2 aromatic rings. The molecule has 0 saturated heterocycles. The number of carboxylic acids is 1. The van der Waals surface area contributed by atoms with Crippen molar-refractivity contribution in [3.05, 3.63) is 45.6 Å². The Kier molecular flexibility index (Phi) is 3.90. The minimum absolute atomic E-state index is 0.0110. The summed E-state index contributed by atoms with van der Waals surface area (Å²) in [6, 6.07) is 5.12. The van der Waals surface area contributed by atoms with E-state index in [1.54, 1.807) is 32.0 Å². The van der Waals surface area contributed by atoms with E-state index >= 15 is 0 Å². The third-order valence-electron chi connectivity index (χ3n) is 2.99. The van der Waals surface area contributed by atoms with Crippen LogP contribution in [-0.2, 0) is 0 Å². The molecule has 2 rings (SSSR count). The number of halogens is 1. The van der Waals surface area contributed by atoms with Crippen molar-refractivity contribution in [3.8, 4) is 11.6 Å². The summed E-state index contributed by atoms with van der Waals surface area (Å²) >= 11 is 5.91. The van der Waals surface area contributed by atoms with Gasteiger partial charge in [-0.1, -0.05) is 17.7 Å². The van der Waals surface area contributed by atoms with Gasteiger partial charge in [-0.15, -0.1) is 5.10 Å². The van der Waals surface area contributed by atoms with Crippen molar-refractivity contribution in [3.63, 3.8) is 0 Å². The molecule has 1 aromatic carbocycles.